The molecule has 6 heteroatoms. The van der Waals surface area contributed by atoms with E-state index in [0.717, 1.165) is 11.3 Å². The van der Waals surface area contributed by atoms with Gasteiger partial charge in [-0.15, -0.1) is 0 Å². The van der Waals surface area contributed by atoms with E-state index in [1.807, 2.05) is 30.3 Å². The number of nitrogens with zero attached hydrogens (tertiary/aromatic N) is 1. The third-order valence-electron chi connectivity index (χ3n) is 3.99. The first-order valence-corrected chi connectivity index (χ1v) is 8.92. The molecule has 0 aliphatic rings. The van der Waals surface area contributed by atoms with Crippen LogP contribution in [0.15, 0.2) is 41.4 Å². The summed E-state index contributed by atoms with van der Waals surface area (Å²) in [4.78, 5) is 4.24. The Labute approximate surface area is 161 Å². The first-order valence-electron chi connectivity index (χ1n) is 8.92. The third kappa shape index (κ3) is 6.40. The second-order valence-corrected chi connectivity index (χ2v) is 6.21. The summed E-state index contributed by atoms with van der Waals surface area (Å²) in [5.41, 5.74) is 3.47. The molecular weight excluding hydrogens is 342 g/mol. The highest BCUT2D eigenvalue weighted by Gasteiger charge is 2.05. The Hall–Kier alpha value is -2.89. The van der Waals surface area contributed by atoms with Gasteiger partial charge in [-0.1, -0.05) is 12.1 Å². The molecule has 0 fully saturated rings. The van der Waals surface area contributed by atoms with E-state index in [9.17, 15) is 0 Å². The van der Waals surface area contributed by atoms with Gasteiger partial charge in [0.15, 0.2) is 17.5 Å². The highest BCUT2D eigenvalue weighted by atomic mass is 16.5. The first kappa shape index (κ1) is 20.4. The number of hydrogen-bond donors (Lipinski definition) is 2. The topological polar surface area (TPSA) is 64.1 Å². The SMILES string of the molecule is CN=C(NCCOc1cc(C)cc(C)c1)NCc1ccc(OC)c(OC)c1. The minimum Gasteiger partial charge on any atom is -0.493 e. The Morgan fingerprint density at radius 2 is 1.63 bits per heavy atom. The van der Waals surface area contributed by atoms with Crippen molar-refractivity contribution in [3.05, 3.63) is 53.1 Å². The maximum atomic E-state index is 5.81. The van der Waals surface area contributed by atoms with E-state index in [-0.39, 0.29) is 0 Å². The zero-order chi connectivity index (χ0) is 19.6. The van der Waals surface area contributed by atoms with Crippen LogP contribution in [-0.2, 0) is 6.54 Å². The second kappa shape index (κ2) is 10.3. The molecule has 0 spiro atoms. The lowest BCUT2D eigenvalue weighted by Crippen LogP contribution is -2.38. The number of ether oxygens (including phenoxy) is 3. The smallest absolute Gasteiger partial charge is 0.191 e. The molecule has 0 aromatic heterocycles. The molecule has 0 atom stereocenters. The minimum atomic E-state index is 0.556. The number of guanidine groups is 1. The molecule has 0 heterocycles. The highest BCUT2D eigenvalue weighted by Crippen LogP contribution is 2.27. The van der Waals surface area contributed by atoms with Gasteiger partial charge in [0, 0.05) is 13.6 Å². The maximum Gasteiger partial charge on any atom is 0.191 e. The monoisotopic (exact) mass is 371 g/mol. The zero-order valence-electron chi connectivity index (χ0n) is 16.8. The van der Waals surface area contributed by atoms with Crippen molar-refractivity contribution in [2.45, 2.75) is 20.4 Å². The van der Waals surface area contributed by atoms with Crippen molar-refractivity contribution in [3.63, 3.8) is 0 Å². The molecule has 0 amide bonds. The lowest BCUT2D eigenvalue weighted by Gasteiger charge is -2.14. The summed E-state index contributed by atoms with van der Waals surface area (Å²) >= 11 is 0. The lowest BCUT2D eigenvalue weighted by atomic mass is 10.1. The van der Waals surface area contributed by atoms with E-state index in [4.69, 9.17) is 14.2 Å². The van der Waals surface area contributed by atoms with E-state index >= 15 is 0 Å². The molecule has 2 aromatic rings. The Morgan fingerprint density at radius 3 is 2.26 bits per heavy atom. The summed E-state index contributed by atoms with van der Waals surface area (Å²) in [6.45, 7) is 5.96. The lowest BCUT2D eigenvalue weighted by molar-refractivity contribution is 0.321. The summed E-state index contributed by atoms with van der Waals surface area (Å²) < 4.78 is 16.4. The molecule has 0 aliphatic carbocycles. The molecule has 0 saturated heterocycles. The summed E-state index contributed by atoms with van der Waals surface area (Å²) in [6.07, 6.45) is 0. The fourth-order valence-electron chi connectivity index (χ4n) is 2.75. The van der Waals surface area contributed by atoms with Crippen molar-refractivity contribution in [2.24, 2.45) is 4.99 Å². The average Bonchev–Trinajstić information content (AvgIpc) is 2.66. The predicted molar refractivity (Wildman–Crippen MR) is 109 cm³/mol. The number of benzene rings is 2. The molecule has 0 bridgehead atoms. The number of rotatable bonds is 8. The summed E-state index contributed by atoms with van der Waals surface area (Å²) in [5.74, 6) is 3.03. The van der Waals surface area contributed by atoms with E-state index in [1.165, 1.54) is 11.1 Å². The third-order valence-corrected chi connectivity index (χ3v) is 3.99. The van der Waals surface area contributed by atoms with Crippen molar-refractivity contribution in [3.8, 4) is 17.2 Å². The minimum absolute atomic E-state index is 0.556. The highest BCUT2D eigenvalue weighted by molar-refractivity contribution is 5.79. The first-order chi connectivity index (χ1) is 13.0. The summed E-state index contributed by atoms with van der Waals surface area (Å²) in [5, 5.41) is 6.53. The van der Waals surface area contributed by atoms with Gasteiger partial charge in [-0.05, 0) is 54.8 Å². The molecule has 2 N–H and O–H groups in total. The van der Waals surface area contributed by atoms with Gasteiger partial charge in [0.25, 0.3) is 0 Å². The van der Waals surface area contributed by atoms with E-state index in [2.05, 4.69) is 35.5 Å². The Balaban J connectivity index is 1.79. The maximum absolute atomic E-state index is 5.81. The number of aryl methyl sites for hydroxylation is 2. The van der Waals surface area contributed by atoms with Gasteiger partial charge in [0.1, 0.15) is 12.4 Å². The Kier molecular flexibility index (Phi) is 7.79. The van der Waals surface area contributed by atoms with E-state index in [0.29, 0.717) is 37.2 Å². The predicted octanol–water partition coefficient (Wildman–Crippen LogP) is 3.06. The number of methoxy groups -OCH3 is 2. The van der Waals surface area contributed by atoms with Gasteiger partial charge in [0.2, 0.25) is 0 Å². The fraction of sp³-hybridized carbons (Fsp3) is 0.381. The molecule has 146 valence electrons. The van der Waals surface area contributed by atoms with Crippen LogP contribution in [-0.4, -0.2) is 40.4 Å². The molecule has 0 radical (unpaired) electrons. The van der Waals surface area contributed by atoms with Crippen molar-refractivity contribution in [1.29, 1.82) is 0 Å². The second-order valence-electron chi connectivity index (χ2n) is 6.21. The summed E-state index contributed by atoms with van der Waals surface area (Å²) in [7, 11) is 5.00. The molecular formula is C21H29N3O3. The van der Waals surface area contributed by atoms with Crippen LogP contribution >= 0.6 is 0 Å². The fourth-order valence-corrected chi connectivity index (χ4v) is 2.75. The number of nitrogens with one attached hydrogen (secondary N) is 2. The van der Waals surface area contributed by atoms with Crippen LogP contribution in [0.4, 0.5) is 0 Å². The van der Waals surface area contributed by atoms with Crippen LogP contribution in [0, 0.1) is 13.8 Å². The van der Waals surface area contributed by atoms with Gasteiger partial charge in [0.05, 0.1) is 20.8 Å². The van der Waals surface area contributed by atoms with Crippen molar-refractivity contribution in [1.82, 2.24) is 10.6 Å². The van der Waals surface area contributed by atoms with Gasteiger partial charge in [-0.25, -0.2) is 0 Å². The van der Waals surface area contributed by atoms with Crippen molar-refractivity contribution in [2.75, 3.05) is 34.4 Å². The summed E-state index contributed by atoms with van der Waals surface area (Å²) in [6, 6.07) is 12.0. The molecule has 0 aliphatic heterocycles. The largest absolute Gasteiger partial charge is 0.493 e. The van der Waals surface area contributed by atoms with Crippen LogP contribution in [0.1, 0.15) is 16.7 Å². The Morgan fingerprint density at radius 1 is 0.926 bits per heavy atom. The van der Waals surface area contributed by atoms with E-state index in [1.54, 1.807) is 21.3 Å². The normalized spacial score (nSPS) is 11.1. The molecule has 6 nitrogen and oxygen atoms in total. The van der Waals surface area contributed by atoms with Crippen LogP contribution in [0.25, 0.3) is 0 Å². The van der Waals surface area contributed by atoms with Crippen LogP contribution in [0.3, 0.4) is 0 Å². The molecule has 2 aromatic carbocycles. The number of hydrogen-bond acceptors (Lipinski definition) is 4. The van der Waals surface area contributed by atoms with Gasteiger partial charge in [-0.2, -0.15) is 0 Å². The van der Waals surface area contributed by atoms with Crippen LogP contribution < -0.4 is 24.8 Å². The molecule has 27 heavy (non-hydrogen) atoms. The Bertz CT molecular complexity index is 755. The standard InChI is InChI=1S/C21H29N3O3/c1-15-10-16(2)12-18(11-15)27-9-8-23-21(22-3)24-14-17-6-7-19(25-4)20(13-17)26-5/h6-7,10-13H,8-9,14H2,1-5H3,(H2,22,23,24). The van der Waals surface area contributed by atoms with Crippen molar-refractivity contribution >= 4 is 5.96 Å². The molecule has 0 unspecified atom stereocenters. The van der Waals surface area contributed by atoms with E-state index < -0.39 is 0 Å². The van der Waals surface area contributed by atoms with Gasteiger partial charge >= 0.3 is 0 Å². The quantitative estimate of drug-likeness (QED) is 0.424. The van der Waals surface area contributed by atoms with Crippen molar-refractivity contribution < 1.29 is 14.2 Å². The van der Waals surface area contributed by atoms with Gasteiger partial charge < -0.3 is 24.8 Å². The average molecular weight is 371 g/mol. The molecule has 0 saturated carbocycles. The van der Waals surface area contributed by atoms with Gasteiger partial charge in [-0.3, -0.25) is 4.99 Å². The zero-order valence-corrected chi connectivity index (χ0v) is 16.8. The number of aliphatic imine (C=N–C) groups is 1. The van der Waals surface area contributed by atoms with Crippen LogP contribution in [0.5, 0.6) is 17.2 Å². The molecule has 2 rings (SSSR count). The van der Waals surface area contributed by atoms with Crippen LogP contribution in [0.2, 0.25) is 0 Å².